The minimum Gasteiger partial charge on any atom is -0.481 e. The minimum absolute atomic E-state index is 0.136. The van der Waals surface area contributed by atoms with Crippen LogP contribution in [-0.2, 0) is 11.8 Å². The molecule has 2 aromatic rings. The van der Waals surface area contributed by atoms with Gasteiger partial charge in [0.2, 0.25) is 0 Å². The van der Waals surface area contributed by atoms with Crippen LogP contribution in [0.5, 0.6) is 0 Å². The molecular weight excluding hydrogens is 310 g/mol. The minimum atomic E-state index is -0.906. The lowest BCUT2D eigenvalue weighted by Gasteiger charge is -2.20. The number of nitrogens with zero attached hydrogens (tertiary/aromatic N) is 2. The number of hydrogen-bond acceptors (Lipinski definition) is 3. The standard InChI is InChI=1S/C17H19N3O4/c1-17(15(22)23)6-8-20(10-17)16(24)18-12-4-3-11-5-7-19(2)14(21)13(11)9-12/h3-5,7,9H,6,8,10H2,1-2H3,(H,18,24)(H,22,23). The number of carboxylic acids is 1. The molecule has 1 aromatic carbocycles. The number of hydrogen-bond donors (Lipinski definition) is 2. The van der Waals surface area contributed by atoms with Crippen molar-refractivity contribution in [3.8, 4) is 0 Å². The topological polar surface area (TPSA) is 91.6 Å². The molecule has 2 heterocycles. The van der Waals surface area contributed by atoms with Gasteiger partial charge in [-0.15, -0.1) is 0 Å². The van der Waals surface area contributed by atoms with E-state index in [9.17, 15) is 19.5 Å². The van der Waals surface area contributed by atoms with Gasteiger partial charge in [-0.2, -0.15) is 0 Å². The van der Waals surface area contributed by atoms with Gasteiger partial charge in [-0.3, -0.25) is 9.59 Å². The predicted molar refractivity (Wildman–Crippen MR) is 90.1 cm³/mol. The average Bonchev–Trinajstić information content (AvgIpc) is 2.95. The Kier molecular flexibility index (Phi) is 3.79. The van der Waals surface area contributed by atoms with Crippen molar-refractivity contribution in [2.75, 3.05) is 18.4 Å². The monoisotopic (exact) mass is 329 g/mol. The highest BCUT2D eigenvalue weighted by Gasteiger charge is 2.42. The Morgan fingerprint density at radius 3 is 2.71 bits per heavy atom. The molecule has 0 bridgehead atoms. The number of aryl methyl sites for hydroxylation is 1. The van der Waals surface area contributed by atoms with E-state index in [1.54, 1.807) is 38.4 Å². The predicted octanol–water partition coefficient (Wildman–Crippen LogP) is 1.87. The number of aromatic nitrogens is 1. The first-order valence-corrected chi connectivity index (χ1v) is 7.69. The van der Waals surface area contributed by atoms with Gasteiger partial charge < -0.3 is 19.9 Å². The maximum Gasteiger partial charge on any atom is 0.321 e. The number of likely N-dealkylation sites (tertiary alicyclic amines) is 1. The first kappa shape index (κ1) is 16.0. The zero-order valence-electron chi connectivity index (χ0n) is 13.6. The lowest BCUT2D eigenvalue weighted by molar-refractivity contribution is -0.146. The second-order valence-electron chi connectivity index (χ2n) is 6.50. The quantitative estimate of drug-likeness (QED) is 0.880. The molecule has 2 N–H and O–H groups in total. The first-order chi connectivity index (χ1) is 11.3. The van der Waals surface area contributed by atoms with Gasteiger partial charge in [0.15, 0.2) is 0 Å². The number of carbonyl (C=O) groups is 2. The van der Waals surface area contributed by atoms with Gasteiger partial charge in [-0.05, 0) is 36.9 Å². The van der Waals surface area contributed by atoms with E-state index in [4.69, 9.17) is 0 Å². The summed E-state index contributed by atoms with van der Waals surface area (Å²) >= 11 is 0. The first-order valence-electron chi connectivity index (χ1n) is 7.69. The fraction of sp³-hybridized carbons (Fsp3) is 0.353. The molecule has 1 unspecified atom stereocenters. The van der Waals surface area contributed by atoms with Crippen LogP contribution < -0.4 is 10.9 Å². The molecule has 0 saturated carbocycles. The Balaban J connectivity index is 1.80. The van der Waals surface area contributed by atoms with E-state index >= 15 is 0 Å². The SMILES string of the molecule is Cn1ccc2ccc(NC(=O)N3CCC(C)(C(=O)O)C3)cc2c1=O. The number of nitrogens with one attached hydrogen (secondary N) is 1. The van der Waals surface area contributed by atoms with E-state index in [2.05, 4.69) is 5.32 Å². The number of anilines is 1. The van der Waals surface area contributed by atoms with E-state index in [1.165, 1.54) is 9.47 Å². The van der Waals surface area contributed by atoms with Gasteiger partial charge in [0, 0.05) is 37.4 Å². The van der Waals surface area contributed by atoms with Crippen LogP contribution in [0.4, 0.5) is 10.5 Å². The van der Waals surface area contributed by atoms with Crippen molar-refractivity contribution in [1.29, 1.82) is 0 Å². The third-order valence-electron chi connectivity index (χ3n) is 4.61. The van der Waals surface area contributed by atoms with Gasteiger partial charge in [-0.25, -0.2) is 4.79 Å². The Morgan fingerprint density at radius 2 is 2.04 bits per heavy atom. The Hall–Kier alpha value is -2.83. The summed E-state index contributed by atoms with van der Waals surface area (Å²) in [6.07, 6.45) is 2.12. The fourth-order valence-corrected chi connectivity index (χ4v) is 2.93. The van der Waals surface area contributed by atoms with Crippen molar-refractivity contribution in [2.24, 2.45) is 12.5 Å². The third-order valence-corrected chi connectivity index (χ3v) is 4.61. The van der Waals surface area contributed by atoms with Crippen LogP contribution in [0.3, 0.4) is 0 Å². The van der Waals surface area contributed by atoms with Gasteiger partial charge in [0.05, 0.1) is 5.41 Å². The van der Waals surface area contributed by atoms with Crippen LogP contribution in [-0.4, -0.2) is 39.7 Å². The summed E-state index contributed by atoms with van der Waals surface area (Å²) in [5.41, 5.74) is -0.528. The molecule has 1 atom stereocenters. The number of aliphatic carboxylic acids is 1. The molecule has 1 aliphatic heterocycles. The molecule has 1 aromatic heterocycles. The van der Waals surface area contributed by atoms with Crippen molar-refractivity contribution in [1.82, 2.24) is 9.47 Å². The van der Waals surface area contributed by atoms with Crippen molar-refractivity contribution in [3.63, 3.8) is 0 Å². The van der Waals surface area contributed by atoms with E-state index in [-0.39, 0.29) is 18.1 Å². The number of amides is 2. The van der Waals surface area contributed by atoms with E-state index < -0.39 is 11.4 Å². The summed E-state index contributed by atoms with van der Waals surface area (Å²) in [6.45, 7) is 2.20. The molecule has 2 amide bonds. The second-order valence-corrected chi connectivity index (χ2v) is 6.50. The van der Waals surface area contributed by atoms with E-state index in [0.717, 1.165) is 5.39 Å². The van der Waals surface area contributed by atoms with Crippen LogP contribution in [0.1, 0.15) is 13.3 Å². The second kappa shape index (κ2) is 5.67. The number of carbonyl (C=O) groups excluding carboxylic acids is 1. The Morgan fingerprint density at radius 1 is 1.29 bits per heavy atom. The van der Waals surface area contributed by atoms with Crippen molar-refractivity contribution in [2.45, 2.75) is 13.3 Å². The van der Waals surface area contributed by atoms with Crippen LogP contribution in [0.15, 0.2) is 35.3 Å². The Labute approximate surface area is 138 Å². The molecule has 126 valence electrons. The highest BCUT2D eigenvalue weighted by molar-refractivity contribution is 5.93. The molecule has 1 saturated heterocycles. The number of urea groups is 1. The van der Waals surface area contributed by atoms with Crippen LogP contribution in [0.25, 0.3) is 10.8 Å². The molecule has 3 rings (SSSR count). The van der Waals surface area contributed by atoms with Crippen molar-refractivity contribution < 1.29 is 14.7 Å². The smallest absolute Gasteiger partial charge is 0.321 e. The molecule has 0 aliphatic carbocycles. The molecule has 0 spiro atoms. The summed E-state index contributed by atoms with van der Waals surface area (Å²) in [7, 11) is 1.67. The van der Waals surface area contributed by atoms with E-state index in [0.29, 0.717) is 24.0 Å². The van der Waals surface area contributed by atoms with Gasteiger partial charge in [0.25, 0.3) is 5.56 Å². The molecule has 0 radical (unpaired) electrons. The summed E-state index contributed by atoms with van der Waals surface area (Å²) in [5, 5.41) is 13.3. The fourth-order valence-electron chi connectivity index (χ4n) is 2.93. The highest BCUT2D eigenvalue weighted by Crippen LogP contribution is 2.30. The van der Waals surface area contributed by atoms with Gasteiger partial charge >= 0.3 is 12.0 Å². The van der Waals surface area contributed by atoms with Crippen LogP contribution in [0, 0.1) is 5.41 Å². The zero-order valence-corrected chi connectivity index (χ0v) is 13.6. The molecule has 1 aliphatic rings. The molecule has 7 heteroatoms. The largest absolute Gasteiger partial charge is 0.481 e. The zero-order chi connectivity index (χ0) is 17.5. The van der Waals surface area contributed by atoms with Crippen LogP contribution >= 0.6 is 0 Å². The highest BCUT2D eigenvalue weighted by atomic mass is 16.4. The van der Waals surface area contributed by atoms with Gasteiger partial charge in [0.1, 0.15) is 0 Å². The lowest BCUT2D eigenvalue weighted by Crippen LogP contribution is -2.37. The number of carboxylic acid groups (broad SMARTS) is 1. The molecule has 1 fully saturated rings. The maximum atomic E-state index is 12.4. The number of benzene rings is 1. The normalized spacial score (nSPS) is 20.3. The maximum absolute atomic E-state index is 12.4. The van der Waals surface area contributed by atoms with Crippen molar-refractivity contribution in [3.05, 3.63) is 40.8 Å². The number of fused-ring (bicyclic) bond motifs is 1. The Bertz CT molecular complexity index is 889. The lowest BCUT2D eigenvalue weighted by atomic mass is 9.90. The van der Waals surface area contributed by atoms with E-state index in [1.807, 2.05) is 6.07 Å². The summed E-state index contributed by atoms with van der Waals surface area (Å²) < 4.78 is 1.48. The summed E-state index contributed by atoms with van der Waals surface area (Å²) in [5.74, 6) is -0.896. The van der Waals surface area contributed by atoms with Gasteiger partial charge in [-0.1, -0.05) is 6.07 Å². The average molecular weight is 329 g/mol. The summed E-state index contributed by atoms with van der Waals surface area (Å²) in [4.78, 5) is 37.3. The van der Waals surface area contributed by atoms with Crippen LogP contribution in [0.2, 0.25) is 0 Å². The summed E-state index contributed by atoms with van der Waals surface area (Å²) in [6, 6.07) is 6.62. The molecule has 24 heavy (non-hydrogen) atoms. The number of pyridine rings is 1. The third kappa shape index (κ3) is 2.73. The van der Waals surface area contributed by atoms with Crippen molar-refractivity contribution >= 4 is 28.5 Å². The molecule has 7 nitrogen and oxygen atoms in total. The number of rotatable bonds is 2. The molecular formula is C17H19N3O4.